The van der Waals surface area contributed by atoms with Crippen LogP contribution in [-0.4, -0.2) is 16.7 Å². The van der Waals surface area contributed by atoms with E-state index in [-0.39, 0.29) is 23.6 Å². The van der Waals surface area contributed by atoms with Crippen LogP contribution in [0.2, 0.25) is 0 Å². The lowest BCUT2D eigenvalue weighted by molar-refractivity contribution is -0.387. The number of carbonyl (C=O) groups excluding carboxylic acids is 2. The molecule has 0 aliphatic rings. The van der Waals surface area contributed by atoms with Crippen molar-refractivity contribution in [3.8, 4) is 0 Å². The van der Waals surface area contributed by atoms with Crippen LogP contribution in [0.4, 0.5) is 21.5 Å². The van der Waals surface area contributed by atoms with Crippen molar-refractivity contribution in [2.75, 3.05) is 10.6 Å². The highest BCUT2D eigenvalue weighted by Crippen LogP contribution is 2.22. The van der Waals surface area contributed by atoms with Crippen LogP contribution < -0.4 is 10.6 Å². The minimum atomic E-state index is -0.983. The first kappa shape index (κ1) is 19.7. The maximum atomic E-state index is 13.4. The van der Waals surface area contributed by atoms with Crippen molar-refractivity contribution in [3.63, 3.8) is 0 Å². The van der Waals surface area contributed by atoms with Gasteiger partial charge < -0.3 is 10.6 Å². The van der Waals surface area contributed by atoms with Gasteiger partial charge in [0.25, 0.3) is 5.91 Å². The summed E-state index contributed by atoms with van der Waals surface area (Å²) in [6.07, 6.45) is 0.229. The highest BCUT2D eigenvalue weighted by Gasteiger charge is 2.16. The molecule has 0 heterocycles. The van der Waals surface area contributed by atoms with Crippen LogP contribution in [-0.2, 0) is 11.2 Å². The summed E-state index contributed by atoms with van der Waals surface area (Å²) in [5.41, 5.74) is 1.06. The van der Waals surface area contributed by atoms with Gasteiger partial charge in [-0.1, -0.05) is 30.3 Å². The summed E-state index contributed by atoms with van der Waals surface area (Å²) < 4.78 is 13.4. The van der Waals surface area contributed by atoms with E-state index in [0.717, 1.165) is 17.7 Å². The standard InChI is InChI=1S/C21H16FN3O4/c22-18-11-10-17(13-19(18)25(28)29)24-21(27)15-6-8-16(9-7-15)23-20(26)12-14-4-2-1-3-5-14/h1-11,13H,12H2,(H,23,26)(H,24,27). The summed E-state index contributed by atoms with van der Waals surface area (Å²) in [6, 6.07) is 18.5. The minimum absolute atomic E-state index is 0.100. The predicted molar refractivity (Wildman–Crippen MR) is 106 cm³/mol. The molecule has 2 N–H and O–H groups in total. The highest BCUT2D eigenvalue weighted by atomic mass is 19.1. The van der Waals surface area contributed by atoms with E-state index < -0.39 is 22.3 Å². The normalized spacial score (nSPS) is 10.2. The van der Waals surface area contributed by atoms with Gasteiger partial charge in [0.1, 0.15) is 0 Å². The van der Waals surface area contributed by atoms with Crippen molar-refractivity contribution in [2.45, 2.75) is 6.42 Å². The first-order chi connectivity index (χ1) is 13.9. The summed E-state index contributed by atoms with van der Waals surface area (Å²) >= 11 is 0. The molecule has 7 nitrogen and oxygen atoms in total. The molecule has 0 aliphatic heterocycles. The average molecular weight is 393 g/mol. The van der Waals surface area contributed by atoms with Gasteiger partial charge in [-0.25, -0.2) is 0 Å². The smallest absolute Gasteiger partial charge is 0.306 e. The summed E-state index contributed by atoms with van der Waals surface area (Å²) in [7, 11) is 0. The molecular formula is C21H16FN3O4. The Balaban J connectivity index is 1.62. The molecule has 0 unspecified atom stereocenters. The molecular weight excluding hydrogens is 377 g/mol. The maximum absolute atomic E-state index is 13.4. The van der Waals surface area contributed by atoms with Crippen LogP contribution in [0.1, 0.15) is 15.9 Å². The van der Waals surface area contributed by atoms with Gasteiger partial charge in [-0.05, 0) is 42.0 Å². The van der Waals surface area contributed by atoms with Gasteiger partial charge in [0, 0.05) is 23.0 Å². The third kappa shape index (κ3) is 5.23. The van der Waals surface area contributed by atoms with E-state index in [9.17, 15) is 24.1 Å². The molecule has 0 saturated heterocycles. The Kier molecular flexibility index (Phi) is 5.94. The number of carbonyl (C=O) groups is 2. The van der Waals surface area contributed by atoms with Gasteiger partial charge in [-0.15, -0.1) is 0 Å². The van der Waals surface area contributed by atoms with E-state index in [1.54, 1.807) is 12.1 Å². The quantitative estimate of drug-likeness (QED) is 0.485. The van der Waals surface area contributed by atoms with E-state index >= 15 is 0 Å². The molecule has 0 bridgehead atoms. The molecule has 29 heavy (non-hydrogen) atoms. The number of amides is 2. The number of nitrogens with zero attached hydrogens (tertiary/aromatic N) is 1. The van der Waals surface area contributed by atoms with Crippen LogP contribution >= 0.6 is 0 Å². The minimum Gasteiger partial charge on any atom is -0.326 e. The molecule has 3 aromatic rings. The fraction of sp³-hybridized carbons (Fsp3) is 0.0476. The largest absolute Gasteiger partial charge is 0.326 e. The molecule has 8 heteroatoms. The Labute approximate surface area is 165 Å². The Morgan fingerprint density at radius 2 is 1.55 bits per heavy atom. The molecule has 2 amide bonds. The second-order valence-corrected chi connectivity index (χ2v) is 6.17. The Bertz CT molecular complexity index is 1050. The number of anilines is 2. The van der Waals surface area contributed by atoms with Gasteiger partial charge in [0.15, 0.2) is 0 Å². The number of hydrogen-bond donors (Lipinski definition) is 2. The second kappa shape index (κ2) is 8.75. The number of nitro groups is 1. The molecule has 0 aliphatic carbocycles. The topological polar surface area (TPSA) is 101 Å². The molecule has 3 aromatic carbocycles. The van der Waals surface area contributed by atoms with Crippen molar-refractivity contribution in [1.29, 1.82) is 0 Å². The van der Waals surface area contributed by atoms with Crippen LogP contribution in [0, 0.1) is 15.9 Å². The third-order valence-corrected chi connectivity index (χ3v) is 4.04. The third-order valence-electron chi connectivity index (χ3n) is 4.04. The van der Waals surface area contributed by atoms with Gasteiger partial charge in [-0.2, -0.15) is 4.39 Å². The van der Waals surface area contributed by atoms with Gasteiger partial charge in [0.05, 0.1) is 11.3 Å². The average Bonchev–Trinajstić information content (AvgIpc) is 2.70. The summed E-state index contributed by atoms with van der Waals surface area (Å²) in [5, 5.41) is 16.0. The SMILES string of the molecule is O=C(Cc1ccccc1)Nc1ccc(C(=O)Nc2ccc(F)c([N+](=O)[O-])c2)cc1. The van der Waals surface area contributed by atoms with E-state index in [2.05, 4.69) is 10.6 Å². The Morgan fingerprint density at radius 3 is 2.21 bits per heavy atom. The maximum Gasteiger partial charge on any atom is 0.306 e. The first-order valence-corrected chi connectivity index (χ1v) is 8.61. The van der Waals surface area contributed by atoms with Crippen molar-refractivity contribution < 1.29 is 18.9 Å². The summed E-state index contributed by atoms with van der Waals surface area (Å²) in [5.74, 6) is -1.69. The van der Waals surface area contributed by atoms with Crippen molar-refractivity contribution in [1.82, 2.24) is 0 Å². The number of halogens is 1. The van der Waals surface area contributed by atoms with Crippen LogP contribution in [0.5, 0.6) is 0 Å². The highest BCUT2D eigenvalue weighted by molar-refractivity contribution is 6.04. The molecule has 0 saturated carbocycles. The molecule has 0 spiro atoms. The van der Waals surface area contributed by atoms with Crippen LogP contribution in [0.15, 0.2) is 72.8 Å². The van der Waals surface area contributed by atoms with Crippen molar-refractivity contribution in [2.24, 2.45) is 0 Å². The predicted octanol–water partition coefficient (Wildman–Crippen LogP) is 4.17. The van der Waals surface area contributed by atoms with Gasteiger partial charge in [-0.3, -0.25) is 19.7 Å². The summed E-state index contributed by atoms with van der Waals surface area (Å²) in [6.45, 7) is 0. The Hall–Kier alpha value is -4.07. The van der Waals surface area contributed by atoms with Crippen LogP contribution in [0.25, 0.3) is 0 Å². The zero-order valence-corrected chi connectivity index (χ0v) is 15.1. The molecule has 0 aromatic heterocycles. The van der Waals surface area contributed by atoms with E-state index in [1.807, 2.05) is 30.3 Å². The number of nitro benzene ring substituents is 1. The molecule has 146 valence electrons. The lowest BCUT2D eigenvalue weighted by Gasteiger charge is -2.08. The zero-order chi connectivity index (χ0) is 20.8. The number of hydrogen-bond acceptors (Lipinski definition) is 4. The van der Waals surface area contributed by atoms with Gasteiger partial charge >= 0.3 is 5.69 Å². The van der Waals surface area contributed by atoms with Gasteiger partial charge in [0.2, 0.25) is 11.7 Å². The van der Waals surface area contributed by atoms with Crippen molar-refractivity contribution >= 4 is 28.9 Å². The molecule has 0 radical (unpaired) electrons. The molecule has 3 rings (SSSR count). The molecule has 0 fully saturated rings. The van der Waals surface area contributed by atoms with E-state index in [0.29, 0.717) is 5.69 Å². The fourth-order valence-electron chi connectivity index (χ4n) is 2.62. The lowest BCUT2D eigenvalue weighted by Crippen LogP contribution is -2.15. The van der Waals surface area contributed by atoms with E-state index in [1.165, 1.54) is 18.2 Å². The lowest BCUT2D eigenvalue weighted by atomic mass is 10.1. The van der Waals surface area contributed by atoms with Crippen molar-refractivity contribution in [3.05, 3.63) is 99.9 Å². The van der Waals surface area contributed by atoms with Crippen LogP contribution in [0.3, 0.4) is 0 Å². The summed E-state index contributed by atoms with van der Waals surface area (Å²) in [4.78, 5) is 34.3. The number of rotatable bonds is 6. The molecule has 0 atom stereocenters. The Morgan fingerprint density at radius 1 is 0.897 bits per heavy atom. The second-order valence-electron chi connectivity index (χ2n) is 6.17. The fourth-order valence-corrected chi connectivity index (χ4v) is 2.62. The number of nitrogens with one attached hydrogen (secondary N) is 2. The zero-order valence-electron chi connectivity index (χ0n) is 15.1. The number of benzene rings is 3. The first-order valence-electron chi connectivity index (χ1n) is 8.61. The monoisotopic (exact) mass is 393 g/mol. The van der Waals surface area contributed by atoms with E-state index in [4.69, 9.17) is 0 Å².